The molecule has 0 bridgehead atoms. The first-order valence-electron chi connectivity index (χ1n) is 9.06. The van der Waals surface area contributed by atoms with Crippen molar-refractivity contribution in [2.45, 2.75) is 0 Å². The molecule has 28 heavy (non-hydrogen) atoms. The van der Waals surface area contributed by atoms with E-state index in [1.165, 1.54) is 0 Å². The lowest BCUT2D eigenvalue weighted by Crippen LogP contribution is -1.97. The molecule has 5 rings (SSSR count). The predicted octanol–water partition coefficient (Wildman–Crippen LogP) is 5.00. The van der Waals surface area contributed by atoms with E-state index in [9.17, 15) is 0 Å². The molecule has 0 spiro atoms. The maximum atomic E-state index is 4.47. The summed E-state index contributed by atoms with van der Waals surface area (Å²) in [5.41, 5.74) is 7.75. The summed E-state index contributed by atoms with van der Waals surface area (Å²) in [5.74, 6) is 0.818. The van der Waals surface area contributed by atoms with Gasteiger partial charge in [-0.2, -0.15) is 5.10 Å². The largest absolute Gasteiger partial charge is 0.279 e. The molecule has 0 aliphatic carbocycles. The van der Waals surface area contributed by atoms with E-state index in [1.807, 2.05) is 72.8 Å². The fourth-order valence-electron chi connectivity index (χ4n) is 3.30. The molecule has 0 atom stereocenters. The van der Waals surface area contributed by atoms with Crippen LogP contribution < -0.4 is 5.43 Å². The number of anilines is 1. The fraction of sp³-hybridized carbons (Fsp3) is 0. The maximum absolute atomic E-state index is 4.47. The van der Waals surface area contributed by atoms with E-state index in [2.05, 4.69) is 43.3 Å². The second kappa shape index (κ2) is 6.96. The van der Waals surface area contributed by atoms with Crippen LogP contribution in [0, 0.1) is 0 Å². The fourth-order valence-corrected chi connectivity index (χ4v) is 3.30. The lowest BCUT2D eigenvalue weighted by atomic mass is 10.1. The number of nitrogens with zero attached hydrogens (tertiary/aromatic N) is 4. The van der Waals surface area contributed by atoms with Crippen molar-refractivity contribution in [3.05, 3.63) is 96.6 Å². The number of rotatable bonds is 4. The number of para-hydroxylation sites is 2. The molecule has 1 N–H and O–H groups in total. The van der Waals surface area contributed by atoms with E-state index in [0.29, 0.717) is 0 Å². The lowest BCUT2D eigenvalue weighted by Gasteiger charge is -2.07. The van der Waals surface area contributed by atoms with Gasteiger partial charge in [0.15, 0.2) is 11.5 Å². The third kappa shape index (κ3) is 2.89. The van der Waals surface area contributed by atoms with E-state index < -0.39 is 0 Å². The maximum Gasteiger partial charge on any atom is 0.170 e. The first-order chi connectivity index (χ1) is 13.9. The molecule has 0 aliphatic rings. The van der Waals surface area contributed by atoms with Gasteiger partial charge in [0, 0.05) is 11.1 Å². The SMILES string of the molecule is C(=N\Nc1ccccc1)/c1cc2ccccc2n2c(-c3ccccc3)nnc12. The first kappa shape index (κ1) is 16.2. The number of pyridine rings is 1. The zero-order chi connectivity index (χ0) is 18.8. The summed E-state index contributed by atoms with van der Waals surface area (Å²) in [4.78, 5) is 0. The Kier molecular flexibility index (Phi) is 4.03. The van der Waals surface area contributed by atoms with Crippen LogP contribution in [0.1, 0.15) is 5.56 Å². The topological polar surface area (TPSA) is 54.6 Å². The quantitative estimate of drug-likeness (QED) is 0.361. The van der Waals surface area contributed by atoms with Crippen molar-refractivity contribution in [1.29, 1.82) is 0 Å². The Morgan fingerprint density at radius 2 is 1.50 bits per heavy atom. The second-order valence-corrected chi connectivity index (χ2v) is 6.44. The molecule has 0 fully saturated rings. The second-order valence-electron chi connectivity index (χ2n) is 6.44. The number of hydrogen-bond acceptors (Lipinski definition) is 4. The van der Waals surface area contributed by atoms with Crippen molar-refractivity contribution in [3.8, 4) is 11.4 Å². The summed E-state index contributed by atoms with van der Waals surface area (Å²) in [6, 6.07) is 30.3. The number of fused-ring (bicyclic) bond motifs is 3. The molecule has 2 heterocycles. The van der Waals surface area contributed by atoms with E-state index in [-0.39, 0.29) is 0 Å². The Bertz CT molecular complexity index is 1270. The predicted molar refractivity (Wildman–Crippen MR) is 114 cm³/mol. The summed E-state index contributed by atoms with van der Waals surface area (Å²) in [7, 11) is 0. The zero-order valence-corrected chi connectivity index (χ0v) is 15.0. The smallest absolute Gasteiger partial charge is 0.170 e. The van der Waals surface area contributed by atoms with Gasteiger partial charge in [-0.05, 0) is 29.7 Å². The molecule has 134 valence electrons. The normalized spacial score (nSPS) is 11.4. The van der Waals surface area contributed by atoms with Gasteiger partial charge in [-0.25, -0.2) is 0 Å². The molecule has 0 radical (unpaired) electrons. The van der Waals surface area contributed by atoms with Crippen molar-refractivity contribution in [2.75, 3.05) is 5.43 Å². The molecule has 2 aromatic heterocycles. The highest BCUT2D eigenvalue weighted by Gasteiger charge is 2.13. The van der Waals surface area contributed by atoms with Crippen LogP contribution in [0.4, 0.5) is 5.69 Å². The molecule has 0 aliphatic heterocycles. The minimum atomic E-state index is 0.774. The average Bonchev–Trinajstić information content (AvgIpc) is 3.21. The summed E-state index contributed by atoms with van der Waals surface area (Å²) in [6.45, 7) is 0. The number of hydrogen-bond donors (Lipinski definition) is 1. The molecule has 3 aromatic carbocycles. The van der Waals surface area contributed by atoms with Crippen molar-refractivity contribution in [1.82, 2.24) is 14.6 Å². The number of aromatic nitrogens is 3. The molecule has 0 unspecified atom stereocenters. The minimum Gasteiger partial charge on any atom is -0.279 e. The third-order valence-corrected chi connectivity index (χ3v) is 4.61. The standard InChI is InChI=1S/C23H17N5/c1-3-9-17(10-4-1)22-26-27-23-19(16-24-25-20-12-5-2-6-13-20)15-18-11-7-8-14-21(18)28(22)23/h1-16,25H/b24-16+. The van der Waals surface area contributed by atoms with Gasteiger partial charge in [0.2, 0.25) is 0 Å². The molecule has 0 saturated carbocycles. The van der Waals surface area contributed by atoms with Crippen LogP contribution in [-0.4, -0.2) is 20.8 Å². The molecule has 0 amide bonds. The van der Waals surface area contributed by atoms with Gasteiger partial charge in [0.25, 0.3) is 0 Å². The molecule has 5 aromatic rings. The van der Waals surface area contributed by atoms with Crippen molar-refractivity contribution in [2.24, 2.45) is 5.10 Å². The molecular formula is C23H17N5. The Morgan fingerprint density at radius 1 is 0.786 bits per heavy atom. The van der Waals surface area contributed by atoms with Gasteiger partial charge in [-0.1, -0.05) is 66.7 Å². The lowest BCUT2D eigenvalue weighted by molar-refractivity contribution is 1.12. The van der Waals surface area contributed by atoms with E-state index in [4.69, 9.17) is 0 Å². The summed E-state index contributed by atoms with van der Waals surface area (Å²) >= 11 is 0. The van der Waals surface area contributed by atoms with Gasteiger partial charge in [0.05, 0.1) is 17.4 Å². The molecule has 0 saturated heterocycles. The van der Waals surface area contributed by atoms with Crippen LogP contribution in [0.3, 0.4) is 0 Å². The van der Waals surface area contributed by atoms with Crippen LogP contribution >= 0.6 is 0 Å². The van der Waals surface area contributed by atoms with Crippen molar-refractivity contribution >= 4 is 28.5 Å². The zero-order valence-electron chi connectivity index (χ0n) is 15.0. The third-order valence-electron chi connectivity index (χ3n) is 4.61. The minimum absolute atomic E-state index is 0.774. The van der Waals surface area contributed by atoms with Gasteiger partial charge in [-0.3, -0.25) is 9.83 Å². The summed E-state index contributed by atoms with van der Waals surface area (Å²) in [6.07, 6.45) is 1.79. The highest BCUT2D eigenvalue weighted by molar-refractivity contribution is 5.96. The molecular weight excluding hydrogens is 346 g/mol. The summed E-state index contributed by atoms with van der Waals surface area (Å²) < 4.78 is 2.09. The highest BCUT2D eigenvalue weighted by atomic mass is 15.3. The number of hydrazone groups is 1. The van der Waals surface area contributed by atoms with E-state index in [0.717, 1.165) is 39.2 Å². The average molecular weight is 363 g/mol. The van der Waals surface area contributed by atoms with E-state index >= 15 is 0 Å². The van der Waals surface area contributed by atoms with Gasteiger partial charge < -0.3 is 0 Å². The highest BCUT2D eigenvalue weighted by Crippen LogP contribution is 2.25. The summed E-state index contributed by atoms with van der Waals surface area (Å²) in [5, 5.41) is 14.4. The molecule has 5 nitrogen and oxygen atoms in total. The number of nitrogens with one attached hydrogen (secondary N) is 1. The first-order valence-corrected chi connectivity index (χ1v) is 9.06. The van der Waals surface area contributed by atoms with Crippen LogP contribution in [0.15, 0.2) is 96.1 Å². The monoisotopic (exact) mass is 363 g/mol. The van der Waals surface area contributed by atoms with Gasteiger partial charge in [-0.15, -0.1) is 10.2 Å². The Hall–Kier alpha value is -3.99. The van der Waals surface area contributed by atoms with E-state index in [1.54, 1.807) is 6.21 Å². The van der Waals surface area contributed by atoms with Crippen molar-refractivity contribution < 1.29 is 0 Å². The van der Waals surface area contributed by atoms with Gasteiger partial charge >= 0.3 is 0 Å². The number of benzene rings is 3. The Labute approximate surface area is 162 Å². The van der Waals surface area contributed by atoms with Crippen LogP contribution in [-0.2, 0) is 0 Å². The Balaban J connectivity index is 1.66. The van der Waals surface area contributed by atoms with Gasteiger partial charge in [0.1, 0.15) is 0 Å². The van der Waals surface area contributed by atoms with Crippen LogP contribution in [0.5, 0.6) is 0 Å². The van der Waals surface area contributed by atoms with Crippen LogP contribution in [0.25, 0.3) is 27.9 Å². The molecule has 5 heteroatoms. The Morgan fingerprint density at radius 3 is 2.32 bits per heavy atom. The van der Waals surface area contributed by atoms with Crippen LogP contribution in [0.2, 0.25) is 0 Å². The van der Waals surface area contributed by atoms with Crippen molar-refractivity contribution in [3.63, 3.8) is 0 Å².